The topological polar surface area (TPSA) is 52.1 Å². The number of nitrogens with zero attached hydrogens (tertiary/aromatic N) is 2. The molecule has 0 bridgehead atoms. The minimum atomic E-state index is 0.220. The summed E-state index contributed by atoms with van der Waals surface area (Å²) in [4.78, 5) is 24.2. The number of aromatic nitrogens is 2. The summed E-state index contributed by atoms with van der Waals surface area (Å²) >= 11 is 3.32. The molecule has 0 aliphatic heterocycles. The van der Waals surface area contributed by atoms with Crippen molar-refractivity contribution in [3.8, 4) is 21.1 Å². The van der Waals surface area contributed by atoms with Crippen LogP contribution in [0, 0.1) is 0 Å². The van der Waals surface area contributed by atoms with Crippen molar-refractivity contribution in [2.24, 2.45) is 0 Å². The largest absolute Gasteiger partial charge is 0.385 e. The van der Waals surface area contributed by atoms with Crippen molar-refractivity contribution in [3.05, 3.63) is 58.8 Å². The van der Waals surface area contributed by atoms with E-state index in [0.717, 1.165) is 44.2 Å². The highest BCUT2D eigenvalue weighted by atomic mass is 32.1. The van der Waals surface area contributed by atoms with Crippen LogP contribution in [-0.2, 0) is 16.0 Å². The molecule has 0 saturated heterocycles. The van der Waals surface area contributed by atoms with Gasteiger partial charge in [-0.05, 0) is 47.0 Å². The number of thiophene rings is 2. The third-order valence-corrected chi connectivity index (χ3v) is 6.20. The maximum absolute atomic E-state index is 12.2. The van der Waals surface area contributed by atoms with Crippen molar-refractivity contribution in [2.75, 3.05) is 13.7 Å². The van der Waals surface area contributed by atoms with E-state index in [2.05, 4.69) is 22.9 Å². The van der Waals surface area contributed by atoms with E-state index in [1.807, 2.05) is 30.3 Å². The average Bonchev–Trinajstić information content (AvgIpc) is 3.41. The van der Waals surface area contributed by atoms with Crippen LogP contribution in [-0.4, -0.2) is 29.5 Å². The van der Waals surface area contributed by atoms with Gasteiger partial charge in [0.15, 0.2) is 0 Å². The van der Waals surface area contributed by atoms with Crippen molar-refractivity contribution in [3.63, 3.8) is 0 Å². The van der Waals surface area contributed by atoms with Crippen molar-refractivity contribution in [1.82, 2.24) is 9.97 Å². The van der Waals surface area contributed by atoms with Gasteiger partial charge in [-0.15, -0.1) is 22.7 Å². The molecule has 0 N–H and O–H groups in total. The highest BCUT2D eigenvalue weighted by molar-refractivity contribution is 7.14. The van der Waals surface area contributed by atoms with Gasteiger partial charge in [-0.1, -0.05) is 18.2 Å². The average molecular weight is 409 g/mol. The highest BCUT2D eigenvalue weighted by Gasteiger charge is 2.15. The second kappa shape index (κ2) is 8.73. The molecule has 0 saturated carbocycles. The normalized spacial score (nSPS) is 11.2. The molecule has 3 aromatic heterocycles. The molecule has 28 heavy (non-hydrogen) atoms. The monoisotopic (exact) mass is 408 g/mol. The van der Waals surface area contributed by atoms with E-state index in [9.17, 15) is 4.79 Å². The zero-order valence-electron chi connectivity index (χ0n) is 15.6. The van der Waals surface area contributed by atoms with Crippen molar-refractivity contribution >= 4 is 39.5 Å². The number of carbonyl (C=O) groups is 1. The Morgan fingerprint density at radius 3 is 2.25 bits per heavy atom. The van der Waals surface area contributed by atoms with Gasteiger partial charge in [-0.2, -0.15) is 0 Å². The zero-order valence-corrected chi connectivity index (χ0v) is 17.2. The molecular weight excluding hydrogens is 388 g/mol. The Bertz CT molecular complexity index is 1070. The maximum atomic E-state index is 12.2. The molecule has 0 atom stereocenters. The molecule has 0 unspecified atom stereocenters. The van der Waals surface area contributed by atoms with Gasteiger partial charge in [-0.3, -0.25) is 4.79 Å². The smallest absolute Gasteiger partial charge is 0.137 e. The third-order valence-electron chi connectivity index (χ3n) is 4.44. The van der Waals surface area contributed by atoms with Crippen molar-refractivity contribution in [1.29, 1.82) is 0 Å². The predicted octanol–water partition coefficient (Wildman–Crippen LogP) is 5.63. The minimum Gasteiger partial charge on any atom is -0.385 e. The Morgan fingerprint density at radius 2 is 1.64 bits per heavy atom. The van der Waals surface area contributed by atoms with Crippen LogP contribution in [0.5, 0.6) is 0 Å². The molecule has 6 heteroatoms. The molecule has 0 radical (unpaired) electrons. The van der Waals surface area contributed by atoms with E-state index in [1.54, 1.807) is 29.8 Å². The number of hydrogen-bond acceptors (Lipinski definition) is 6. The summed E-state index contributed by atoms with van der Waals surface area (Å²) < 4.78 is 5.02. The molecule has 4 rings (SSSR count). The van der Waals surface area contributed by atoms with Gasteiger partial charge < -0.3 is 4.74 Å². The van der Waals surface area contributed by atoms with Gasteiger partial charge in [0, 0.05) is 26.6 Å². The van der Waals surface area contributed by atoms with Crippen LogP contribution in [0.25, 0.3) is 32.2 Å². The van der Waals surface area contributed by atoms with Crippen LogP contribution in [0.15, 0.2) is 53.2 Å². The molecule has 0 spiro atoms. The first kappa shape index (κ1) is 18.9. The van der Waals surface area contributed by atoms with Gasteiger partial charge in [0.1, 0.15) is 17.2 Å². The van der Waals surface area contributed by atoms with Crippen LogP contribution < -0.4 is 0 Å². The Morgan fingerprint density at radius 1 is 0.964 bits per heavy atom. The lowest BCUT2D eigenvalue weighted by Gasteiger charge is -2.09. The van der Waals surface area contributed by atoms with Crippen molar-refractivity contribution in [2.45, 2.75) is 19.3 Å². The SMILES string of the molecule is COCCCC(=O)Cc1ccc2nc(-c3cccs3)c(-c3cccs3)nc2c1. The number of fused-ring (bicyclic) bond motifs is 1. The summed E-state index contributed by atoms with van der Waals surface area (Å²) in [6.07, 6.45) is 1.72. The molecule has 0 fully saturated rings. The summed E-state index contributed by atoms with van der Waals surface area (Å²) in [5.74, 6) is 0.220. The lowest BCUT2D eigenvalue weighted by atomic mass is 10.0. The van der Waals surface area contributed by atoms with E-state index >= 15 is 0 Å². The van der Waals surface area contributed by atoms with E-state index in [-0.39, 0.29) is 5.78 Å². The lowest BCUT2D eigenvalue weighted by Crippen LogP contribution is -2.04. The number of hydrogen-bond donors (Lipinski definition) is 0. The highest BCUT2D eigenvalue weighted by Crippen LogP contribution is 2.35. The van der Waals surface area contributed by atoms with Gasteiger partial charge in [0.25, 0.3) is 0 Å². The molecule has 142 valence electrons. The summed E-state index contributed by atoms with van der Waals surface area (Å²) in [7, 11) is 1.65. The zero-order chi connectivity index (χ0) is 19.3. The van der Waals surface area contributed by atoms with Crippen LogP contribution in [0.1, 0.15) is 18.4 Å². The number of benzene rings is 1. The lowest BCUT2D eigenvalue weighted by molar-refractivity contribution is -0.118. The van der Waals surface area contributed by atoms with Crippen LogP contribution >= 0.6 is 22.7 Å². The standard InChI is InChI=1S/C22H20N2O2S2/c1-26-10-2-5-16(25)13-15-8-9-17-18(14-15)24-22(20-7-4-12-28-20)21(23-17)19-6-3-11-27-19/h3-4,6-9,11-12,14H,2,5,10,13H2,1H3. The molecule has 4 nitrogen and oxygen atoms in total. The number of ether oxygens (including phenoxy) is 1. The Balaban J connectivity index is 1.69. The Kier molecular flexibility index (Phi) is 5.90. The summed E-state index contributed by atoms with van der Waals surface area (Å²) in [6.45, 7) is 0.616. The second-order valence-electron chi connectivity index (χ2n) is 6.51. The van der Waals surface area contributed by atoms with E-state index in [4.69, 9.17) is 14.7 Å². The predicted molar refractivity (Wildman–Crippen MR) is 116 cm³/mol. The van der Waals surface area contributed by atoms with Crippen LogP contribution in [0.3, 0.4) is 0 Å². The van der Waals surface area contributed by atoms with E-state index < -0.39 is 0 Å². The number of Topliss-reactive ketones (excluding diaryl/α,β-unsaturated/α-hetero) is 1. The van der Waals surface area contributed by atoms with Crippen LogP contribution in [0.4, 0.5) is 0 Å². The molecule has 0 aliphatic carbocycles. The molecule has 0 aliphatic rings. The van der Waals surface area contributed by atoms with Crippen LogP contribution in [0.2, 0.25) is 0 Å². The third kappa shape index (κ3) is 4.19. The van der Waals surface area contributed by atoms with Gasteiger partial charge >= 0.3 is 0 Å². The number of rotatable bonds is 8. The number of carbonyl (C=O) groups excluding carboxylic acids is 1. The molecule has 3 heterocycles. The van der Waals surface area contributed by atoms with E-state index in [0.29, 0.717) is 19.4 Å². The van der Waals surface area contributed by atoms with E-state index in [1.165, 1.54) is 0 Å². The first-order valence-corrected chi connectivity index (χ1v) is 10.9. The Labute approximate surface area is 171 Å². The summed E-state index contributed by atoms with van der Waals surface area (Å²) in [5.41, 5.74) is 4.46. The first-order chi connectivity index (χ1) is 13.7. The molecular formula is C22H20N2O2S2. The number of ketones is 1. The van der Waals surface area contributed by atoms with Gasteiger partial charge in [0.2, 0.25) is 0 Å². The molecule has 0 amide bonds. The number of methoxy groups -OCH3 is 1. The van der Waals surface area contributed by atoms with Crippen molar-refractivity contribution < 1.29 is 9.53 Å². The minimum absolute atomic E-state index is 0.220. The fourth-order valence-electron chi connectivity index (χ4n) is 3.11. The molecule has 4 aromatic rings. The fourth-order valence-corrected chi connectivity index (χ4v) is 4.54. The molecule has 1 aromatic carbocycles. The van der Waals surface area contributed by atoms with Gasteiger partial charge in [0.05, 0.1) is 20.8 Å². The quantitative estimate of drug-likeness (QED) is 0.355. The maximum Gasteiger partial charge on any atom is 0.137 e. The van der Waals surface area contributed by atoms with Gasteiger partial charge in [-0.25, -0.2) is 9.97 Å². The Hall–Kier alpha value is -2.41. The first-order valence-electron chi connectivity index (χ1n) is 9.13. The summed E-state index contributed by atoms with van der Waals surface area (Å²) in [6, 6.07) is 14.1. The second-order valence-corrected chi connectivity index (χ2v) is 8.41. The fraction of sp³-hybridized carbons (Fsp3) is 0.227. The summed E-state index contributed by atoms with van der Waals surface area (Å²) in [5, 5.41) is 4.10.